The lowest BCUT2D eigenvalue weighted by Gasteiger charge is -2.41. The number of halogens is 1. The lowest BCUT2D eigenvalue weighted by Crippen LogP contribution is -2.60. The van der Waals surface area contributed by atoms with E-state index in [9.17, 15) is 13.2 Å². The van der Waals surface area contributed by atoms with E-state index in [2.05, 4.69) is 0 Å². The van der Waals surface area contributed by atoms with Crippen LogP contribution in [0.1, 0.15) is 26.3 Å². The van der Waals surface area contributed by atoms with Crippen molar-refractivity contribution in [2.75, 3.05) is 12.3 Å². The van der Waals surface area contributed by atoms with Gasteiger partial charge in [0.25, 0.3) is 0 Å². The molecule has 1 amide bonds. The molecule has 0 saturated carbocycles. The summed E-state index contributed by atoms with van der Waals surface area (Å²) in [5.74, 6) is -0.238. The van der Waals surface area contributed by atoms with Gasteiger partial charge in [-0.25, -0.2) is 8.42 Å². The molecule has 2 rings (SSSR count). The Morgan fingerprint density at radius 1 is 1.27 bits per heavy atom. The quantitative estimate of drug-likeness (QED) is 0.875. The van der Waals surface area contributed by atoms with E-state index in [1.54, 1.807) is 25.7 Å². The Bertz CT molecular complexity index is 631. The first-order valence-electron chi connectivity index (χ1n) is 7.05. The first kappa shape index (κ1) is 18.9. The van der Waals surface area contributed by atoms with Gasteiger partial charge in [0.1, 0.15) is 5.54 Å². The van der Waals surface area contributed by atoms with Crippen LogP contribution in [-0.4, -0.2) is 42.8 Å². The molecule has 7 heteroatoms. The van der Waals surface area contributed by atoms with Crippen molar-refractivity contribution < 1.29 is 13.2 Å². The Balaban J connectivity index is 0.00000242. The Kier molecular flexibility index (Phi) is 5.65. The molecule has 1 aliphatic rings. The van der Waals surface area contributed by atoms with Crippen LogP contribution in [0.15, 0.2) is 30.3 Å². The standard InChI is InChI=1S/C15H22N2O3S.ClH/c1-11-12(2)21(19,20)10-9-17(11)14(18)15(3,16)13-7-5-4-6-8-13;/h4-8,11-12H,9-10,16H2,1-3H3;1H. The second-order valence-corrected chi connectivity index (χ2v) is 8.36. The van der Waals surface area contributed by atoms with Gasteiger partial charge in [-0.3, -0.25) is 4.79 Å². The zero-order chi connectivity index (χ0) is 15.8. The van der Waals surface area contributed by atoms with Gasteiger partial charge in [0.05, 0.1) is 11.0 Å². The van der Waals surface area contributed by atoms with Crippen LogP contribution in [0, 0.1) is 0 Å². The maximum atomic E-state index is 12.8. The summed E-state index contributed by atoms with van der Waals surface area (Å²) in [4.78, 5) is 14.4. The molecule has 2 N–H and O–H groups in total. The second-order valence-electron chi connectivity index (χ2n) is 5.88. The molecule has 1 aromatic rings. The fraction of sp³-hybridized carbons (Fsp3) is 0.533. The summed E-state index contributed by atoms with van der Waals surface area (Å²) >= 11 is 0. The van der Waals surface area contributed by atoms with Crippen molar-refractivity contribution >= 4 is 28.2 Å². The molecule has 3 unspecified atom stereocenters. The third-order valence-corrected chi connectivity index (χ3v) is 6.71. The maximum absolute atomic E-state index is 12.8. The number of nitrogens with two attached hydrogens (primary N) is 1. The minimum absolute atomic E-state index is 0. The Labute approximate surface area is 138 Å². The van der Waals surface area contributed by atoms with Crippen molar-refractivity contribution in [3.63, 3.8) is 0 Å². The fourth-order valence-corrected chi connectivity index (χ4v) is 4.23. The van der Waals surface area contributed by atoms with Crippen LogP contribution < -0.4 is 5.73 Å². The van der Waals surface area contributed by atoms with E-state index < -0.39 is 20.6 Å². The van der Waals surface area contributed by atoms with E-state index in [1.807, 2.05) is 30.3 Å². The largest absolute Gasteiger partial charge is 0.336 e. The molecule has 0 bridgehead atoms. The molecule has 1 saturated heterocycles. The number of benzene rings is 1. The summed E-state index contributed by atoms with van der Waals surface area (Å²) < 4.78 is 23.8. The molecular weight excluding hydrogens is 324 g/mol. The number of sulfone groups is 1. The smallest absolute Gasteiger partial charge is 0.247 e. The van der Waals surface area contributed by atoms with E-state index in [0.29, 0.717) is 0 Å². The number of rotatable bonds is 2. The molecular formula is C15H23ClN2O3S. The molecule has 1 aliphatic heterocycles. The zero-order valence-corrected chi connectivity index (χ0v) is 14.7. The Morgan fingerprint density at radius 3 is 2.36 bits per heavy atom. The monoisotopic (exact) mass is 346 g/mol. The van der Waals surface area contributed by atoms with Crippen molar-refractivity contribution in [3.8, 4) is 0 Å². The number of carbonyl (C=O) groups is 1. The van der Waals surface area contributed by atoms with Gasteiger partial charge in [-0.1, -0.05) is 30.3 Å². The van der Waals surface area contributed by atoms with Crippen LogP contribution >= 0.6 is 12.4 Å². The van der Waals surface area contributed by atoms with Crippen LogP contribution in [0.4, 0.5) is 0 Å². The number of nitrogens with zero attached hydrogens (tertiary/aromatic N) is 1. The predicted octanol–water partition coefficient (Wildman–Crippen LogP) is 1.32. The molecule has 124 valence electrons. The highest BCUT2D eigenvalue weighted by atomic mass is 35.5. The Morgan fingerprint density at radius 2 is 1.82 bits per heavy atom. The molecule has 0 aliphatic carbocycles. The number of carbonyl (C=O) groups excluding carboxylic acids is 1. The van der Waals surface area contributed by atoms with Gasteiger partial charge in [0.15, 0.2) is 9.84 Å². The minimum Gasteiger partial charge on any atom is -0.336 e. The second kappa shape index (κ2) is 6.56. The highest BCUT2D eigenvalue weighted by molar-refractivity contribution is 7.92. The normalized spacial score (nSPS) is 26.6. The number of hydrogen-bond donors (Lipinski definition) is 1. The Hall–Kier alpha value is -1.11. The van der Waals surface area contributed by atoms with Gasteiger partial charge in [0, 0.05) is 12.6 Å². The van der Waals surface area contributed by atoms with E-state index in [4.69, 9.17) is 5.73 Å². The lowest BCUT2D eigenvalue weighted by atomic mass is 9.91. The van der Waals surface area contributed by atoms with Gasteiger partial charge in [-0.05, 0) is 26.3 Å². The average molecular weight is 347 g/mol. The molecule has 1 heterocycles. The lowest BCUT2D eigenvalue weighted by molar-refractivity contribution is -0.138. The molecule has 0 radical (unpaired) electrons. The van der Waals surface area contributed by atoms with Crippen LogP contribution in [-0.2, 0) is 20.2 Å². The highest BCUT2D eigenvalue weighted by Gasteiger charge is 2.43. The van der Waals surface area contributed by atoms with Crippen LogP contribution in [0.5, 0.6) is 0 Å². The molecule has 1 fully saturated rings. The summed E-state index contributed by atoms with van der Waals surface area (Å²) in [7, 11) is -3.12. The van der Waals surface area contributed by atoms with E-state index in [1.165, 1.54) is 0 Å². The summed E-state index contributed by atoms with van der Waals surface area (Å²) in [6.07, 6.45) is 0. The summed E-state index contributed by atoms with van der Waals surface area (Å²) in [5, 5.41) is -0.568. The van der Waals surface area contributed by atoms with Crippen molar-refractivity contribution in [2.45, 2.75) is 37.6 Å². The summed E-state index contributed by atoms with van der Waals surface area (Å²) in [6, 6.07) is 8.78. The van der Waals surface area contributed by atoms with Gasteiger partial charge < -0.3 is 10.6 Å². The van der Waals surface area contributed by atoms with Crippen LogP contribution in [0.2, 0.25) is 0 Å². The number of hydrogen-bond acceptors (Lipinski definition) is 4. The van der Waals surface area contributed by atoms with Gasteiger partial charge in [-0.2, -0.15) is 0 Å². The third-order valence-electron chi connectivity index (χ3n) is 4.43. The number of amides is 1. The van der Waals surface area contributed by atoms with E-state index in [-0.39, 0.29) is 36.7 Å². The fourth-order valence-electron chi connectivity index (χ4n) is 2.66. The van der Waals surface area contributed by atoms with Crippen molar-refractivity contribution in [1.82, 2.24) is 4.90 Å². The van der Waals surface area contributed by atoms with Gasteiger partial charge in [-0.15, -0.1) is 12.4 Å². The van der Waals surface area contributed by atoms with Crippen molar-refractivity contribution in [1.29, 1.82) is 0 Å². The molecule has 22 heavy (non-hydrogen) atoms. The SMILES string of the molecule is CC1C(C)S(=O)(=O)CCN1C(=O)C(C)(N)c1ccccc1.Cl. The predicted molar refractivity (Wildman–Crippen MR) is 89.7 cm³/mol. The molecule has 1 aromatic carbocycles. The summed E-state index contributed by atoms with van der Waals surface area (Å²) in [5.41, 5.74) is 5.82. The third kappa shape index (κ3) is 3.29. The first-order valence-corrected chi connectivity index (χ1v) is 8.76. The van der Waals surface area contributed by atoms with Crippen LogP contribution in [0.25, 0.3) is 0 Å². The highest BCUT2D eigenvalue weighted by Crippen LogP contribution is 2.26. The first-order chi connectivity index (χ1) is 9.68. The van der Waals surface area contributed by atoms with Gasteiger partial charge in [0.2, 0.25) is 5.91 Å². The molecule has 5 nitrogen and oxygen atoms in total. The summed E-state index contributed by atoms with van der Waals surface area (Å²) in [6.45, 7) is 5.29. The molecule has 0 spiro atoms. The van der Waals surface area contributed by atoms with Crippen molar-refractivity contribution in [2.24, 2.45) is 5.73 Å². The maximum Gasteiger partial charge on any atom is 0.247 e. The topological polar surface area (TPSA) is 80.5 Å². The van der Waals surface area contributed by atoms with Gasteiger partial charge >= 0.3 is 0 Å². The van der Waals surface area contributed by atoms with E-state index >= 15 is 0 Å². The minimum atomic E-state index is -3.12. The average Bonchev–Trinajstić information content (AvgIpc) is 2.45. The molecule has 0 aromatic heterocycles. The van der Waals surface area contributed by atoms with Crippen LogP contribution in [0.3, 0.4) is 0 Å². The molecule has 3 atom stereocenters. The van der Waals surface area contributed by atoms with E-state index in [0.717, 1.165) is 5.56 Å². The van der Waals surface area contributed by atoms with Crippen molar-refractivity contribution in [3.05, 3.63) is 35.9 Å². The zero-order valence-electron chi connectivity index (χ0n) is 13.0.